The summed E-state index contributed by atoms with van der Waals surface area (Å²) in [5.41, 5.74) is 2.85. The first-order chi connectivity index (χ1) is 14.7. The Hall–Kier alpha value is -2.99. The van der Waals surface area contributed by atoms with Gasteiger partial charge in [0, 0.05) is 30.5 Å². The molecule has 1 amide bonds. The number of nitrogens with one attached hydrogen (secondary N) is 2. The van der Waals surface area contributed by atoms with E-state index in [1.807, 2.05) is 36.4 Å². The fourth-order valence-corrected chi connectivity index (χ4v) is 4.43. The molecule has 0 saturated carbocycles. The highest BCUT2D eigenvalue weighted by Gasteiger charge is 2.22. The van der Waals surface area contributed by atoms with E-state index in [1.54, 1.807) is 0 Å². The lowest BCUT2D eigenvalue weighted by atomic mass is 9.97. The highest BCUT2D eigenvalue weighted by molar-refractivity contribution is 5.97. The first-order valence-corrected chi connectivity index (χ1v) is 10.7. The fourth-order valence-electron chi connectivity index (χ4n) is 4.43. The highest BCUT2D eigenvalue weighted by Crippen LogP contribution is 2.31. The second-order valence-corrected chi connectivity index (χ2v) is 8.20. The van der Waals surface area contributed by atoms with E-state index in [-0.39, 0.29) is 5.91 Å². The van der Waals surface area contributed by atoms with Gasteiger partial charge >= 0.3 is 0 Å². The largest absolute Gasteiger partial charge is 0.486 e. The summed E-state index contributed by atoms with van der Waals surface area (Å²) >= 11 is 0. The highest BCUT2D eigenvalue weighted by atomic mass is 16.6. The molecule has 0 aliphatic carbocycles. The molecule has 3 aromatic rings. The van der Waals surface area contributed by atoms with E-state index in [2.05, 4.69) is 27.3 Å². The molecule has 30 heavy (non-hydrogen) atoms. The SMILES string of the molecule is O=C(NCC1CCCN(Cc2ccc3c(c2)OCCO3)C1)c1cc2ccccc2[nH]1. The number of carbonyl (C=O) groups is 1. The van der Waals surface area contributed by atoms with Crippen LogP contribution in [0.4, 0.5) is 0 Å². The Morgan fingerprint density at radius 2 is 1.97 bits per heavy atom. The van der Waals surface area contributed by atoms with Crippen molar-refractivity contribution in [3.63, 3.8) is 0 Å². The molecular formula is C24H27N3O3. The molecule has 1 atom stereocenters. The molecule has 5 rings (SSSR count). The molecule has 0 spiro atoms. The van der Waals surface area contributed by atoms with Gasteiger partial charge in [-0.2, -0.15) is 0 Å². The molecule has 2 aliphatic heterocycles. The van der Waals surface area contributed by atoms with E-state index in [1.165, 1.54) is 5.56 Å². The number of benzene rings is 2. The summed E-state index contributed by atoms with van der Waals surface area (Å²) in [4.78, 5) is 18.3. The summed E-state index contributed by atoms with van der Waals surface area (Å²) in [5.74, 6) is 2.11. The number of likely N-dealkylation sites (tertiary alicyclic amines) is 1. The van der Waals surface area contributed by atoms with E-state index >= 15 is 0 Å². The molecule has 2 N–H and O–H groups in total. The van der Waals surface area contributed by atoms with Gasteiger partial charge in [-0.05, 0) is 55.1 Å². The predicted octanol–water partition coefficient (Wildman–Crippen LogP) is 3.58. The number of rotatable bonds is 5. The molecular weight excluding hydrogens is 378 g/mol. The van der Waals surface area contributed by atoms with Crippen molar-refractivity contribution in [1.82, 2.24) is 15.2 Å². The Balaban J connectivity index is 1.16. The number of para-hydroxylation sites is 1. The van der Waals surface area contributed by atoms with E-state index in [9.17, 15) is 4.79 Å². The zero-order valence-electron chi connectivity index (χ0n) is 17.0. The number of piperidine rings is 1. The number of amides is 1. The normalized spacial score (nSPS) is 19.0. The van der Waals surface area contributed by atoms with Gasteiger partial charge in [0.1, 0.15) is 18.9 Å². The van der Waals surface area contributed by atoms with Crippen molar-refractivity contribution in [2.24, 2.45) is 5.92 Å². The Bertz CT molecular complexity index is 1010. The molecule has 1 aromatic heterocycles. The predicted molar refractivity (Wildman–Crippen MR) is 116 cm³/mol. The minimum Gasteiger partial charge on any atom is -0.486 e. The first-order valence-electron chi connectivity index (χ1n) is 10.7. The monoisotopic (exact) mass is 405 g/mol. The minimum absolute atomic E-state index is 0.0323. The summed E-state index contributed by atoms with van der Waals surface area (Å²) in [6.07, 6.45) is 2.29. The van der Waals surface area contributed by atoms with Gasteiger partial charge in [0.25, 0.3) is 5.91 Å². The van der Waals surface area contributed by atoms with Crippen LogP contribution in [0.1, 0.15) is 28.9 Å². The maximum Gasteiger partial charge on any atom is 0.267 e. The molecule has 3 heterocycles. The van der Waals surface area contributed by atoms with Crippen LogP contribution in [0.3, 0.4) is 0 Å². The van der Waals surface area contributed by atoms with E-state index in [0.717, 1.165) is 54.9 Å². The van der Waals surface area contributed by atoms with Crippen LogP contribution in [0.15, 0.2) is 48.5 Å². The van der Waals surface area contributed by atoms with Crippen LogP contribution in [0.5, 0.6) is 11.5 Å². The lowest BCUT2D eigenvalue weighted by Gasteiger charge is -2.33. The van der Waals surface area contributed by atoms with Crippen molar-refractivity contribution >= 4 is 16.8 Å². The summed E-state index contributed by atoms with van der Waals surface area (Å²) in [7, 11) is 0. The quantitative estimate of drug-likeness (QED) is 0.681. The van der Waals surface area contributed by atoms with Gasteiger partial charge in [-0.25, -0.2) is 0 Å². The summed E-state index contributed by atoms with van der Waals surface area (Å²) in [5, 5.41) is 4.18. The zero-order valence-corrected chi connectivity index (χ0v) is 17.0. The van der Waals surface area contributed by atoms with Gasteiger partial charge in [-0.1, -0.05) is 24.3 Å². The number of H-pyrrole nitrogens is 1. The fraction of sp³-hybridized carbons (Fsp3) is 0.375. The van der Waals surface area contributed by atoms with Crippen LogP contribution in [0.25, 0.3) is 10.9 Å². The molecule has 1 fully saturated rings. The van der Waals surface area contributed by atoms with Gasteiger partial charge in [-0.15, -0.1) is 0 Å². The average Bonchev–Trinajstić information content (AvgIpc) is 3.22. The molecule has 2 aromatic carbocycles. The second kappa shape index (κ2) is 8.40. The zero-order chi connectivity index (χ0) is 20.3. The smallest absolute Gasteiger partial charge is 0.267 e. The topological polar surface area (TPSA) is 66.6 Å². The third kappa shape index (κ3) is 4.14. The number of aromatic nitrogens is 1. The summed E-state index contributed by atoms with van der Waals surface area (Å²) < 4.78 is 11.3. The maximum absolute atomic E-state index is 12.6. The van der Waals surface area contributed by atoms with Crippen molar-refractivity contribution < 1.29 is 14.3 Å². The number of aromatic amines is 1. The Labute approximate surface area is 176 Å². The van der Waals surface area contributed by atoms with Crippen molar-refractivity contribution in [3.8, 4) is 11.5 Å². The number of fused-ring (bicyclic) bond motifs is 2. The van der Waals surface area contributed by atoms with Gasteiger partial charge in [-0.3, -0.25) is 9.69 Å². The summed E-state index contributed by atoms with van der Waals surface area (Å²) in [6, 6.07) is 16.1. The number of hydrogen-bond donors (Lipinski definition) is 2. The molecule has 0 radical (unpaired) electrons. The molecule has 156 valence electrons. The number of carbonyl (C=O) groups excluding carboxylic acids is 1. The van der Waals surface area contributed by atoms with Crippen LogP contribution < -0.4 is 14.8 Å². The van der Waals surface area contributed by atoms with Crippen molar-refractivity contribution in [1.29, 1.82) is 0 Å². The standard InChI is InChI=1S/C24H27N3O3/c28-24(21-13-19-5-1-2-6-20(19)26-21)25-14-18-4-3-9-27(16-18)15-17-7-8-22-23(12-17)30-11-10-29-22/h1-2,5-8,12-13,18,26H,3-4,9-11,14-16H2,(H,25,28). The van der Waals surface area contributed by atoms with E-state index < -0.39 is 0 Å². The maximum atomic E-state index is 12.6. The molecule has 0 bridgehead atoms. The van der Waals surface area contributed by atoms with Crippen LogP contribution in [-0.2, 0) is 6.54 Å². The lowest BCUT2D eigenvalue weighted by Crippen LogP contribution is -2.40. The first kappa shape index (κ1) is 19.0. The van der Waals surface area contributed by atoms with Crippen LogP contribution in [0, 0.1) is 5.92 Å². The van der Waals surface area contributed by atoms with Gasteiger partial charge < -0.3 is 19.8 Å². The van der Waals surface area contributed by atoms with Crippen LogP contribution in [-0.4, -0.2) is 48.6 Å². The Kier molecular flexibility index (Phi) is 5.32. The number of hydrogen-bond acceptors (Lipinski definition) is 4. The molecule has 1 saturated heterocycles. The minimum atomic E-state index is -0.0323. The Morgan fingerprint density at radius 3 is 2.87 bits per heavy atom. The average molecular weight is 405 g/mol. The third-order valence-electron chi connectivity index (χ3n) is 5.94. The molecule has 1 unspecified atom stereocenters. The van der Waals surface area contributed by atoms with Gasteiger partial charge in [0.15, 0.2) is 11.5 Å². The van der Waals surface area contributed by atoms with Crippen molar-refractivity contribution in [3.05, 3.63) is 59.8 Å². The number of nitrogens with zero attached hydrogens (tertiary/aromatic N) is 1. The molecule has 6 nitrogen and oxygen atoms in total. The van der Waals surface area contributed by atoms with Gasteiger partial charge in [0.2, 0.25) is 0 Å². The van der Waals surface area contributed by atoms with Crippen molar-refractivity contribution in [2.45, 2.75) is 19.4 Å². The van der Waals surface area contributed by atoms with Gasteiger partial charge in [0.05, 0.1) is 0 Å². The van der Waals surface area contributed by atoms with Crippen LogP contribution >= 0.6 is 0 Å². The Morgan fingerprint density at radius 1 is 1.10 bits per heavy atom. The third-order valence-corrected chi connectivity index (χ3v) is 5.94. The summed E-state index contributed by atoms with van der Waals surface area (Å²) in [6.45, 7) is 4.89. The second-order valence-electron chi connectivity index (χ2n) is 8.20. The molecule has 6 heteroatoms. The lowest BCUT2D eigenvalue weighted by molar-refractivity contribution is 0.0926. The van der Waals surface area contributed by atoms with E-state index in [4.69, 9.17) is 9.47 Å². The van der Waals surface area contributed by atoms with Crippen LogP contribution in [0.2, 0.25) is 0 Å². The van der Waals surface area contributed by atoms with E-state index in [0.29, 0.717) is 31.4 Å². The van der Waals surface area contributed by atoms with Crippen molar-refractivity contribution in [2.75, 3.05) is 32.8 Å². The molecule has 2 aliphatic rings. The number of ether oxygens (including phenoxy) is 2.